The minimum absolute atomic E-state index is 0.166. The van der Waals surface area contributed by atoms with E-state index in [4.69, 9.17) is 0 Å². The molecule has 0 aromatic heterocycles. The van der Waals surface area contributed by atoms with Crippen LogP contribution in [-0.2, 0) is 0 Å². The maximum absolute atomic E-state index is 12.7. The summed E-state index contributed by atoms with van der Waals surface area (Å²) in [5.41, 5.74) is 2.39. The van der Waals surface area contributed by atoms with E-state index in [-0.39, 0.29) is 5.82 Å². The predicted octanol–water partition coefficient (Wildman–Crippen LogP) is 4.00. The van der Waals surface area contributed by atoms with E-state index < -0.39 is 19.8 Å². The van der Waals surface area contributed by atoms with Crippen LogP contribution in [0.25, 0.3) is 5.57 Å². The van der Waals surface area contributed by atoms with Gasteiger partial charge in [-0.2, -0.15) is 0 Å². The van der Waals surface area contributed by atoms with E-state index in [1.807, 2.05) is 12.1 Å². The van der Waals surface area contributed by atoms with Crippen LogP contribution in [0.15, 0.2) is 30.3 Å². The van der Waals surface area contributed by atoms with Crippen LogP contribution in [0.1, 0.15) is 12.5 Å². The van der Waals surface area contributed by atoms with Gasteiger partial charge < -0.3 is 0 Å². The van der Waals surface area contributed by atoms with E-state index in [0.29, 0.717) is 0 Å². The number of hydrogen-bond acceptors (Lipinski definition) is 0. The molecule has 0 N–H and O–H groups in total. The second kappa shape index (κ2) is 5.49. The molecule has 0 bridgehead atoms. The fraction of sp³-hybridized carbons (Fsp3) is 0.333. The number of rotatable bonds is 3. The average molecular weight is 306 g/mol. The summed E-state index contributed by atoms with van der Waals surface area (Å²) in [5, 5.41) is 0. The van der Waals surface area contributed by atoms with Gasteiger partial charge in [0.15, 0.2) is 0 Å². The van der Waals surface area contributed by atoms with E-state index in [2.05, 4.69) is 22.9 Å². The van der Waals surface area contributed by atoms with Crippen molar-refractivity contribution in [2.24, 2.45) is 0 Å². The van der Waals surface area contributed by atoms with Crippen LogP contribution in [0.5, 0.6) is 0 Å². The summed E-state index contributed by atoms with van der Waals surface area (Å²) in [7, 11) is 0. The monoisotopic (exact) mass is 306 g/mol. The zero-order chi connectivity index (χ0) is 10.6. The van der Waals surface area contributed by atoms with Crippen molar-refractivity contribution in [1.82, 2.24) is 0 Å². The first kappa shape index (κ1) is 11.7. The van der Waals surface area contributed by atoms with Crippen molar-refractivity contribution in [3.63, 3.8) is 0 Å². The Morgan fingerprint density at radius 1 is 1.29 bits per heavy atom. The first-order chi connectivity index (χ1) is 6.59. The summed E-state index contributed by atoms with van der Waals surface area (Å²) in [5.74, 6) is -0.166. The van der Waals surface area contributed by atoms with Crippen LogP contribution in [0.3, 0.4) is 0 Å². The molecule has 0 nitrogen and oxygen atoms in total. The van der Waals surface area contributed by atoms with Gasteiger partial charge in [0.25, 0.3) is 0 Å². The predicted molar refractivity (Wildman–Crippen MR) is 70.8 cm³/mol. The fourth-order valence-electron chi connectivity index (χ4n) is 1.10. The molecule has 1 aromatic carbocycles. The van der Waals surface area contributed by atoms with Crippen molar-refractivity contribution in [2.45, 2.75) is 6.92 Å². The SMILES string of the molecule is C/C(=C\CI(C)C)c1ccc(F)cc1. The molecule has 0 spiro atoms. The third kappa shape index (κ3) is 3.78. The summed E-state index contributed by atoms with van der Waals surface area (Å²) in [4.78, 5) is 4.69. The van der Waals surface area contributed by atoms with Crippen LogP contribution >= 0.6 is 19.8 Å². The molecule has 1 aromatic rings. The minimum atomic E-state index is -0.662. The molecule has 0 amide bonds. The standard InChI is InChI=1S/C12H16FI/c1-10(8-9-14(2)3)11-4-6-12(13)7-5-11/h4-8H,9H2,1-3H3/b10-8+. The average Bonchev–Trinajstić information content (AvgIpc) is 2.15. The quantitative estimate of drug-likeness (QED) is 0.585. The molecule has 0 aliphatic heterocycles. The van der Waals surface area contributed by atoms with Gasteiger partial charge in [-0.3, -0.25) is 0 Å². The molecular formula is C12H16FI. The number of halogens is 2. The van der Waals surface area contributed by atoms with Gasteiger partial charge in [-0.05, 0) is 0 Å². The van der Waals surface area contributed by atoms with Gasteiger partial charge in [0, 0.05) is 0 Å². The molecule has 0 saturated heterocycles. The maximum atomic E-state index is 12.7. The molecule has 78 valence electrons. The zero-order valence-electron chi connectivity index (χ0n) is 8.85. The molecule has 0 aliphatic rings. The molecule has 2 heteroatoms. The number of benzene rings is 1. The third-order valence-corrected chi connectivity index (χ3v) is 4.19. The molecule has 0 unspecified atom stereocenters. The zero-order valence-corrected chi connectivity index (χ0v) is 11.0. The van der Waals surface area contributed by atoms with Crippen LogP contribution in [0.2, 0.25) is 0 Å². The molecule has 0 saturated carbocycles. The molecule has 0 heterocycles. The van der Waals surface area contributed by atoms with Crippen LogP contribution < -0.4 is 0 Å². The Morgan fingerprint density at radius 2 is 1.86 bits per heavy atom. The molecule has 0 radical (unpaired) electrons. The van der Waals surface area contributed by atoms with Crippen molar-refractivity contribution in [3.8, 4) is 0 Å². The van der Waals surface area contributed by atoms with E-state index in [1.165, 1.54) is 22.1 Å². The third-order valence-electron chi connectivity index (χ3n) is 1.99. The van der Waals surface area contributed by atoms with Crippen LogP contribution in [-0.4, -0.2) is 14.3 Å². The summed E-state index contributed by atoms with van der Waals surface area (Å²) in [6.07, 6.45) is 2.28. The number of allylic oxidation sites excluding steroid dienone is 2. The first-order valence-corrected chi connectivity index (χ1v) is 10.3. The van der Waals surface area contributed by atoms with Gasteiger partial charge in [0.2, 0.25) is 0 Å². The van der Waals surface area contributed by atoms with Gasteiger partial charge in [0.1, 0.15) is 0 Å². The molecule has 14 heavy (non-hydrogen) atoms. The molecule has 0 atom stereocenters. The van der Waals surface area contributed by atoms with Crippen molar-refractivity contribution < 1.29 is 4.39 Å². The Morgan fingerprint density at radius 3 is 2.36 bits per heavy atom. The number of hydrogen-bond donors (Lipinski definition) is 0. The molecule has 1 rings (SSSR count). The van der Waals surface area contributed by atoms with E-state index in [0.717, 1.165) is 5.56 Å². The van der Waals surface area contributed by atoms with Crippen molar-refractivity contribution >= 4 is 25.4 Å². The Balaban J connectivity index is 2.73. The van der Waals surface area contributed by atoms with Gasteiger partial charge >= 0.3 is 92.7 Å². The summed E-state index contributed by atoms with van der Waals surface area (Å²) < 4.78 is 13.9. The fourth-order valence-corrected chi connectivity index (χ4v) is 2.64. The van der Waals surface area contributed by atoms with Gasteiger partial charge in [-0.15, -0.1) is 0 Å². The van der Waals surface area contributed by atoms with Gasteiger partial charge in [-0.1, -0.05) is 0 Å². The normalized spacial score (nSPS) is 12.9. The van der Waals surface area contributed by atoms with Crippen LogP contribution in [0, 0.1) is 5.82 Å². The topological polar surface area (TPSA) is 0 Å². The Bertz CT molecular complexity index is 312. The molecule has 0 aliphatic carbocycles. The van der Waals surface area contributed by atoms with Crippen molar-refractivity contribution in [3.05, 3.63) is 41.7 Å². The number of alkyl halides is 3. The Hall–Kier alpha value is -0.380. The summed E-state index contributed by atoms with van der Waals surface area (Å²) >= 11 is -0.662. The summed E-state index contributed by atoms with van der Waals surface area (Å²) in [6.45, 7) is 2.09. The van der Waals surface area contributed by atoms with E-state index in [9.17, 15) is 4.39 Å². The molecule has 0 fully saturated rings. The Kier molecular flexibility index (Phi) is 4.58. The summed E-state index contributed by atoms with van der Waals surface area (Å²) in [6, 6.07) is 6.71. The van der Waals surface area contributed by atoms with E-state index >= 15 is 0 Å². The van der Waals surface area contributed by atoms with Gasteiger partial charge in [-0.25, -0.2) is 0 Å². The van der Waals surface area contributed by atoms with E-state index in [1.54, 1.807) is 0 Å². The van der Waals surface area contributed by atoms with Crippen molar-refractivity contribution in [2.75, 3.05) is 14.3 Å². The first-order valence-electron chi connectivity index (χ1n) is 4.48. The van der Waals surface area contributed by atoms with Crippen LogP contribution in [0.4, 0.5) is 4.39 Å². The second-order valence-electron chi connectivity index (χ2n) is 3.46. The van der Waals surface area contributed by atoms with Crippen molar-refractivity contribution in [1.29, 1.82) is 0 Å². The van der Waals surface area contributed by atoms with Gasteiger partial charge in [0.05, 0.1) is 0 Å². The molecular weight excluding hydrogens is 290 g/mol. The Labute approximate surface area is 92.6 Å². The second-order valence-corrected chi connectivity index (χ2v) is 9.55.